The molecule has 1 N–H and O–H groups in total. The first kappa shape index (κ1) is 5.35. The van der Waals surface area contributed by atoms with Crippen molar-refractivity contribution < 1.29 is 0 Å². The number of rotatable bonds is 0. The van der Waals surface area contributed by atoms with Gasteiger partial charge in [0.1, 0.15) is 0 Å². The Bertz CT molecular complexity index is 145. The third-order valence-corrected chi connectivity index (χ3v) is 1.18. The minimum atomic E-state index is 0.836. The molecule has 0 saturated heterocycles. The van der Waals surface area contributed by atoms with E-state index in [2.05, 4.69) is 10.3 Å². The lowest BCUT2D eigenvalue weighted by molar-refractivity contribution is 1.10. The average Bonchev–Trinajstić information content (AvgIpc) is 2.14. The smallest absolute Gasteiger partial charge is 0.0978 e. The van der Waals surface area contributed by atoms with Gasteiger partial charge in [-0.2, -0.15) is 0 Å². The lowest BCUT2D eigenvalue weighted by Crippen LogP contribution is -2.12. The van der Waals surface area contributed by atoms with Crippen molar-refractivity contribution in [2.45, 2.75) is 13.8 Å². The van der Waals surface area contributed by atoms with Gasteiger partial charge in [0.25, 0.3) is 0 Å². The van der Waals surface area contributed by atoms with Gasteiger partial charge in [-0.15, -0.1) is 0 Å². The highest BCUT2D eigenvalue weighted by Crippen LogP contribution is 1.97. The second-order valence-corrected chi connectivity index (χ2v) is 1.84. The van der Waals surface area contributed by atoms with E-state index >= 15 is 0 Å². The topological polar surface area (TPSA) is 24.4 Å². The van der Waals surface area contributed by atoms with Gasteiger partial charge in [-0.05, 0) is 13.8 Å². The molecule has 0 saturated carbocycles. The summed E-state index contributed by atoms with van der Waals surface area (Å²) in [5.41, 5.74) is 1.21. The Morgan fingerprint density at radius 1 is 1.75 bits per heavy atom. The Labute approximate surface area is 49.3 Å². The second kappa shape index (κ2) is 1.99. The summed E-state index contributed by atoms with van der Waals surface area (Å²) in [6.45, 7) is 4.81. The fraction of sp³-hybridized carbons (Fsp3) is 0.500. The lowest BCUT2D eigenvalue weighted by atomic mass is 10.4. The molecule has 1 aliphatic heterocycles. The van der Waals surface area contributed by atoms with Gasteiger partial charge in [0, 0.05) is 5.70 Å². The molecule has 0 aliphatic carbocycles. The molecule has 1 heterocycles. The normalized spacial score (nSPS) is 23.2. The molecule has 0 fully saturated rings. The first-order chi connectivity index (χ1) is 3.83. The molecular formula is C6H10N2. The summed E-state index contributed by atoms with van der Waals surface area (Å²) in [7, 11) is 0. The van der Waals surface area contributed by atoms with Crippen LogP contribution in [0.2, 0.25) is 0 Å². The minimum absolute atomic E-state index is 0.836. The number of amidine groups is 1. The van der Waals surface area contributed by atoms with E-state index in [0.717, 1.165) is 12.4 Å². The van der Waals surface area contributed by atoms with Gasteiger partial charge < -0.3 is 5.32 Å². The van der Waals surface area contributed by atoms with Crippen LogP contribution in [0.3, 0.4) is 0 Å². The van der Waals surface area contributed by atoms with E-state index in [1.165, 1.54) is 5.70 Å². The Morgan fingerprint density at radius 2 is 2.50 bits per heavy atom. The zero-order chi connectivity index (χ0) is 5.98. The maximum absolute atomic E-state index is 4.13. The molecule has 0 aromatic rings. The fourth-order valence-corrected chi connectivity index (χ4v) is 0.679. The molecule has 0 aromatic carbocycles. The number of nitrogens with one attached hydrogen (secondary N) is 1. The van der Waals surface area contributed by atoms with E-state index in [-0.39, 0.29) is 0 Å². The van der Waals surface area contributed by atoms with Gasteiger partial charge in [-0.1, -0.05) is 6.08 Å². The Morgan fingerprint density at radius 3 is 2.75 bits per heavy atom. The van der Waals surface area contributed by atoms with Gasteiger partial charge in [-0.25, -0.2) is 0 Å². The van der Waals surface area contributed by atoms with Crippen LogP contribution in [0.1, 0.15) is 13.8 Å². The number of hydrogen-bond donors (Lipinski definition) is 1. The highest BCUT2D eigenvalue weighted by atomic mass is 15.1. The van der Waals surface area contributed by atoms with Crippen LogP contribution in [0.25, 0.3) is 0 Å². The van der Waals surface area contributed by atoms with Crippen molar-refractivity contribution in [1.29, 1.82) is 0 Å². The van der Waals surface area contributed by atoms with Crippen molar-refractivity contribution in [3.63, 3.8) is 0 Å². The molecule has 0 bridgehead atoms. The number of hydrogen-bond acceptors (Lipinski definition) is 2. The van der Waals surface area contributed by atoms with Crippen molar-refractivity contribution in [2.24, 2.45) is 4.99 Å². The molecule has 0 amide bonds. The molecule has 0 radical (unpaired) electrons. The third-order valence-electron chi connectivity index (χ3n) is 1.18. The largest absolute Gasteiger partial charge is 0.346 e. The SMILES string of the molecule is C/C=C1\CN=C(C)N1. The van der Waals surface area contributed by atoms with Crippen molar-refractivity contribution >= 4 is 5.84 Å². The third kappa shape index (κ3) is 0.886. The monoisotopic (exact) mass is 110 g/mol. The summed E-state index contributed by atoms with van der Waals surface area (Å²) in [5, 5.41) is 3.11. The Kier molecular flexibility index (Phi) is 1.33. The standard InChI is InChI=1S/C6H10N2/c1-3-6-4-7-5(2)8-6/h3H,4H2,1-2H3,(H,7,8)/b6-3+. The summed E-state index contributed by atoms with van der Waals surface area (Å²) in [6, 6.07) is 0. The van der Waals surface area contributed by atoms with Crippen molar-refractivity contribution in [2.75, 3.05) is 6.54 Å². The minimum Gasteiger partial charge on any atom is -0.346 e. The van der Waals surface area contributed by atoms with Crippen LogP contribution < -0.4 is 5.32 Å². The molecule has 2 heteroatoms. The lowest BCUT2D eigenvalue weighted by Gasteiger charge is -1.93. The van der Waals surface area contributed by atoms with E-state index in [1.54, 1.807) is 0 Å². The van der Waals surface area contributed by atoms with Crippen LogP contribution in [0.4, 0.5) is 0 Å². The first-order valence-electron chi connectivity index (χ1n) is 2.76. The van der Waals surface area contributed by atoms with E-state index in [1.807, 2.05) is 19.9 Å². The molecule has 2 nitrogen and oxygen atoms in total. The molecule has 1 rings (SSSR count). The van der Waals surface area contributed by atoms with Crippen molar-refractivity contribution in [3.8, 4) is 0 Å². The Balaban J connectivity index is 2.56. The second-order valence-electron chi connectivity index (χ2n) is 1.84. The maximum Gasteiger partial charge on any atom is 0.0978 e. The van der Waals surface area contributed by atoms with E-state index in [0.29, 0.717) is 0 Å². The van der Waals surface area contributed by atoms with Gasteiger partial charge >= 0.3 is 0 Å². The molecule has 0 unspecified atom stereocenters. The Hall–Kier alpha value is -0.790. The molecule has 0 spiro atoms. The summed E-state index contributed by atoms with van der Waals surface area (Å²) >= 11 is 0. The molecular weight excluding hydrogens is 100 g/mol. The van der Waals surface area contributed by atoms with Crippen LogP contribution >= 0.6 is 0 Å². The van der Waals surface area contributed by atoms with Gasteiger partial charge in [0.2, 0.25) is 0 Å². The van der Waals surface area contributed by atoms with E-state index < -0.39 is 0 Å². The number of allylic oxidation sites excluding steroid dienone is 1. The van der Waals surface area contributed by atoms with Gasteiger partial charge in [-0.3, -0.25) is 4.99 Å². The summed E-state index contributed by atoms with van der Waals surface area (Å²) in [6.07, 6.45) is 2.04. The van der Waals surface area contributed by atoms with Crippen molar-refractivity contribution in [3.05, 3.63) is 11.8 Å². The zero-order valence-corrected chi connectivity index (χ0v) is 5.23. The van der Waals surface area contributed by atoms with Crippen LogP contribution in [0, 0.1) is 0 Å². The predicted octanol–water partition coefficient (Wildman–Crippen LogP) is 0.912. The molecule has 0 atom stereocenters. The van der Waals surface area contributed by atoms with Crippen LogP contribution in [-0.4, -0.2) is 12.4 Å². The van der Waals surface area contributed by atoms with Crippen LogP contribution in [0.5, 0.6) is 0 Å². The fourth-order valence-electron chi connectivity index (χ4n) is 0.679. The van der Waals surface area contributed by atoms with Gasteiger partial charge in [0.15, 0.2) is 0 Å². The summed E-state index contributed by atoms with van der Waals surface area (Å²) < 4.78 is 0. The molecule has 1 aliphatic rings. The zero-order valence-electron chi connectivity index (χ0n) is 5.23. The maximum atomic E-state index is 4.13. The van der Waals surface area contributed by atoms with Crippen molar-refractivity contribution in [1.82, 2.24) is 5.32 Å². The first-order valence-corrected chi connectivity index (χ1v) is 2.76. The van der Waals surface area contributed by atoms with Crippen LogP contribution in [-0.2, 0) is 0 Å². The predicted molar refractivity (Wildman–Crippen MR) is 34.9 cm³/mol. The average molecular weight is 110 g/mol. The quantitative estimate of drug-likeness (QED) is 0.492. The molecule has 0 aromatic heterocycles. The van der Waals surface area contributed by atoms with Gasteiger partial charge in [0.05, 0.1) is 12.4 Å². The van der Waals surface area contributed by atoms with E-state index in [4.69, 9.17) is 0 Å². The highest BCUT2D eigenvalue weighted by Gasteiger charge is 2.01. The number of nitrogens with zero attached hydrogens (tertiary/aromatic N) is 1. The summed E-state index contributed by atoms with van der Waals surface area (Å²) in [4.78, 5) is 4.13. The molecule has 8 heavy (non-hydrogen) atoms. The highest BCUT2D eigenvalue weighted by molar-refractivity contribution is 5.83. The number of aliphatic imine (C=N–C) groups is 1. The molecule has 44 valence electrons. The van der Waals surface area contributed by atoms with E-state index in [9.17, 15) is 0 Å². The summed E-state index contributed by atoms with van der Waals surface area (Å²) in [5.74, 6) is 1.03. The van der Waals surface area contributed by atoms with Crippen LogP contribution in [0.15, 0.2) is 16.8 Å².